The molecule has 530 valence electrons. The molecule has 0 bridgehead atoms. The second-order valence-corrected chi connectivity index (χ2v) is 25.9. The largest absolute Gasteiger partial charge is 0.497 e. The second-order valence-electron chi connectivity index (χ2n) is 25.9. The third kappa shape index (κ3) is 10.5. The van der Waals surface area contributed by atoms with Crippen molar-refractivity contribution in [3.8, 4) is 11.5 Å². The molecule has 0 spiro atoms. The lowest BCUT2D eigenvalue weighted by Gasteiger charge is -2.37. The van der Waals surface area contributed by atoms with Gasteiger partial charge in [-0.1, -0.05) is 72.8 Å². The number of amides is 8. The highest BCUT2D eigenvalue weighted by molar-refractivity contribution is 6.22. The number of methoxy groups -OCH3 is 2. The highest BCUT2D eigenvalue weighted by Crippen LogP contribution is 2.57. The first-order chi connectivity index (χ1) is 51.5. The third-order valence-electron chi connectivity index (χ3n) is 20.0. The van der Waals surface area contributed by atoms with Crippen LogP contribution in [0.2, 0.25) is 0 Å². The molecular formula is C78H64N14O14. The molecule has 11 aromatic rings. The van der Waals surface area contributed by atoms with Crippen molar-refractivity contribution in [2.75, 3.05) is 50.4 Å². The lowest BCUT2D eigenvalue weighted by molar-refractivity contribution is -0.0943. The molecule has 6 aliphatic rings. The number of imide groups is 4. The summed E-state index contributed by atoms with van der Waals surface area (Å²) < 4.78 is 18.4. The van der Waals surface area contributed by atoms with Gasteiger partial charge in [-0.15, -0.1) is 20.3 Å². The quantitative estimate of drug-likeness (QED) is 0.0570. The molecular weight excluding hydrogens is 1360 g/mol. The minimum atomic E-state index is -0.599. The summed E-state index contributed by atoms with van der Waals surface area (Å²) in [7, 11) is 3.19. The standard InChI is InChI=1S/C78H64N14O14/c1-43-61-65(47-23-31-51(101-5)32-24-47)62-44(2)80-84(36-40-104-90-73(95)55-17-9-10-18-56(55)74(90)96)68(62)87(67(61)83(79-43)35-39-103-89-71(93)53-15-7-8-16-54(53)72(89)94)49-27-29-50(30-28-49)88-69-63(45(3)81-85(69)37-41-105-91-75(97)57-19-11-12-20-58(57)76(91)98)66(48-25-33-52(102-6)34-26-48)64-46(4)82-86(70(64)88)38-42-106-92-77(99)59-21-13-14-22-60(59)78(92)100/h7-34,65-66H,35-42H2,1-6H3. The van der Waals surface area contributed by atoms with Crippen LogP contribution in [0.5, 0.6) is 11.5 Å². The molecule has 6 aliphatic heterocycles. The van der Waals surface area contributed by atoms with Crippen LogP contribution >= 0.6 is 0 Å². The molecule has 17 rings (SSSR count). The zero-order valence-corrected chi connectivity index (χ0v) is 58.0. The van der Waals surface area contributed by atoms with E-state index in [2.05, 4.69) is 0 Å². The van der Waals surface area contributed by atoms with Crippen LogP contribution in [-0.2, 0) is 45.5 Å². The minimum absolute atomic E-state index is 0.00757. The molecule has 106 heavy (non-hydrogen) atoms. The van der Waals surface area contributed by atoms with Crippen LogP contribution < -0.4 is 19.3 Å². The van der Waals surface area contributed by atoms with E-state index >= 15 is 0 Å². The van der Waals surface area contributed by atoms with Gasteiger partial charge >= 0.3 is 0 Å². The van der Waals surface area contributed by atoms with E-state index < -0.39 is 59.1 Å². The van der Waals surface area contributed by atoms with Crippen LogP contribution in [0.4, 0.5) is 34.6 Å². The number of anilines is 6. The molecule has 0 saturated carbocycles. The topological polar surface area (TPSA) is 283 Å². The van der Waals surface area contributed by atoms with Gasteiger partial charge in [-0.2, -0.15) is 20.4 Å². The molecule has 0 atom stereocenters. The molecule has 0 radical (unpaired) electrons. The Labute approximate surface area is 604 Å². The summed E-state index contributed by atoms with van der Waals surface area (Å²) in [6.07, 6.45) is 0. The number of hydrogen-bond donors (Lipinski definition) is 0. The average Bonchev–Trinajstić information content (AvgIpc) is 1.53. The monoisotopic (exact) mass is 1420 g/mol. The van der Waals surface area contributed by atoms with Crippen LogP contribution in [0.15, 0.2) is 170 Å². The van der Waals surface area contributed by atoms with E-state index in [1.165, 1.54) is 0 Å². The fourth-order valence-electron chi connectivity index (χ4n) is 15.3. The van der Waals surface area contributed by atoms with Crippen molar-refractivity contribution in [1.82, 2.24) is 59.4 Å². The Morgan fingerprint density at radius 2 is 0.500 bits per heavy atom. The normalized spacial score (nSPS) is 15.1. The molecule has 8 amide bonds. The van der Waals surface area contributed by atoms with Gasteiger partial charge in [0.15, 0.2) is 0 Å². The first-order valence-corrected chi connectivity index (χ1v) is 34.2. The van der Waals surface area contributed by atoms with Gasteiger partial charge in [0, 0.05) is 45.5 Å². The fourth-order valence-corrected chi connectivity index (χ4v) is 15.3. The van der Waals surface area contributed by atoms with Crippen LogP contribution in [0.25, 0.3) is 0 Å². The Balaban J connectivity index is 0.805. The molecule has 4 aromatic heterocycles. The Morgan fingerprint density at radius 1 is 0.292 bits per heavy atom. The zero-order valence-electron chi connectivity index (χ0n) is 58.0. The molecule has 28 nitrogen and oxygen atoms in total. The van der Waals surface area contributed by atoms with Gasteiger partial charge in [-0.25, -0.2) is 18.7 Å². The third-order valence-corrected chi connectivity index (χ3v) is 20.0. The molecule has 7 aromatic carbocycles. The maximum absolute atomic E-state index is 13.7. The number of carbonyl (C=O) groups excluding carboxylic acids is 8. The Kier molecular flexibility index (Phi) is 16.3. The number of hydroxylamine groups is 8. The zero-order chi connectivity index (χ0) is 73.1. The van der Waals surface area contributed by atoms with Crippen molar-refractivity contribution in [1.29, 1.82) is 0 Å². The number of ether oxygens (including phenoxy) is 2. The summed E-state index contributed by atoms with van der Waals surface area (Å²) in [5, 5.41) is 24.1. The molecule has 0 unspecified atom stereocenters. The van der Waals surface area contributed by atoms with Gasteiger partial charge in [0.2, 0.25) is 0 Å². The lowest BCUT2D eigenvalue weighted by Crippen LogP contribution is -2.33. The number of carbonyl (C=O) groups is 8. The number of hydrogen-bond acceptors (Lipinski definition) is 20. The van der Waals surface area contributed by atoms with Gasteiger partial charge in [-0.3, -0.25) is 67.5 Å². The maximum Gasteiger partial charge on any atom is 0.285 e. The Hall–Kier alpha value is -13.0. The first kappa shape index (κ1) is 66.2. The summed E-state index contributed by atoms with van der Waals surface area (Å²) in [6.45, 7) is 6.91. The number of fused-ring (bicyclic) bond motifs is 8. The van der Waals surface area contributed by atoms with Crippen molar-refractivity contribution in [3.05, 3.63) is 271 Å². The average molecular weight is 1420 g/mol. The number of aryl methyl sites for hydroxylation is 4. The molecule has 0 aliphatic carbocycles. The van der Waals surface area contributed by atoms with Gasteiger partial charge in [0.05, 0.1) is 134 Å². The predicted octanol–water partition coefficient (Wildman–Crippen LogP) is 10.6. The summed E-state index contributed by atoms with van der Waals surface area (Å²) >= 11 is 0. The smallest absolute Gasteiger partial charge is 0.285 e. The molecule has 0 N–H and O–H groups in total. The van der Waals surface area contributed by atoms with Crippen molar-refractivity contribution >= 4 is 81.9 Å². The number of nitrogens with zero attached hydrogens (tertiary/aromatic N) is 14. The van der Waals surface area contributed by atoms with Gasteiger partial charge in [0.25, 0.3) is 47.3 Å². The van der Waals surface area contributed by atoms with Crippen LogP contribution in [0.3, 0.4) is 0 Å². The van der Waals surface area contributed by atoms with E-state index in [9.17, 15) is 38.4 Å². The van der Waals surface area contributed by atoms with Crippen molar-refractivity contribution in [2.45, 2.75) is 65.7 Å². The maximum atomic E-state index is 13.7. The van der Waals surface area contributed by atoms with E-state index in [0.29, 0.717) is 68.9 Å². The highest BCUT2D eigenvalue weighted by atomic mass is 16.7. The van der Waals surface area contributed by atoms with Crippen molar-refractivity contribution in [2.24, 2.45) is 0 Å². The Bertz CT molecular complexity index is 4800. The summed E-state index contributed by atoms with van der Waals surface area (Å²) in [5.41, 5.74) is 10.3. The second kappa shape index (κ2) is 26.0. The SMILES string of the molecule is COc1ccc(C2c3c(C)nn(CCON4C(=O)c5ccccc5C4=O)c3N(c3ccc(N4c5c(c(C)nn5CCON5C(=O)c6ccccc6C5=O)C(c5ccc(OC)cc5)c5c(C)nn(CCON6C(=O)c7ccccc7C6=O)c54)cc3)c3c2c(C)nn3CCON2C(=O)c3ccccc3C2=O)cc1. The van der Waals surface area contributed by atoms with E-state index in [1.807, 2.05) is 110 Å². The molecule has 0 saturated heterocycles. The minimum Gasteiger partial charge on any atom is -0.497 e. The van der Waals surface area contributed by atoms with Crippen molar-refractivity contribution < 1.29 is 67.2 Å². The van der Waals surface area contributed by atoms with E-state index in [-0.39, 0.29) is 97.1 Å². The number of rotatable bonds is 22. The van der Waals surface area contributed by atoms with E-state index in [1.54, 1.807) is 130 Å². The summed E-state index contributed by atoms with van der Waals surface area (Å²) in [5.74, 6) is -2.36. The fraction of sp³-hybridized carbons (Fsp3) is 0.205. The molecule has 10 heterocycles. The molecule has 0 fully saturated rings. The first-order valence-electron chi connectivity index (χ1n) is 34.2. The summed E-state index contributed by atoms with van der Waals surface area (Å²) in [6, 6.07) is 49.3. The van der Waals surface area contributed by atoms with E-state index in [4.69, 9.17) is 49.2 Å². The van der Waals surface area contributed by atoms with Crippen LogP contribution in [-0.4, -0.2) is 147 Å². The van der Waals surface area contributed by atoms with E-state index in [0.717, 1.165) is 53.6 Å². The lowest BCUT2D eigenvalue weighted by atomic mass is 9.81. The number of benzene rings is 7. The number of aromatic nitrogens is 8. The van der Waals surface area contributed by atoms with Gasteiger partial charge in [0.1, 0.15) is 34.8 Å². The highest BCUT2D eigenvalue weighted by Gasteiger charge is 2.47. The van der Waals surface area contributed by atoms with Crippen LogP contribution in [0.1, 0.15) is 151 Å². The van der Waals surface area contributed by atoms with Gasteiger partial charge < -0.3 is 9.47 Å². The van der Waals surface area contributed by atoms with Gasteiger partial charge in [-0.05, 0) is 136 Å². The predicted molar refractivity (Wildman–Crippen MR) is 377 cm³/mol. The molecule has 28 heteroatoms. The van der Waals surface area contributed by atoms with Crippen LogP contribution in [0, 0.1) is 27.7 Å². The summed E-state index contributed by atoms with van der Waals surface area (Å²) in [4.78, 5) is 138. The van der Waals surface area contributed by atoms with Crippen molar-refractivity contribution in [3.63, 3.8) is 0 Å². The Morgan fingerprint density at radius 3 is 0.698 bits per heavy atom.